The van der Waals surface area contributed by atoms with Gasteiger partial charge < -0.3 is 10.6 Å². The summed E-state index contributed by atoms with van der Waals surface area (Å²) in [5, 5.41) is 13.9. The van der Waals surface area contributed by atoms with Gasteiger partial charge >= 0.3 is 0 Å². The summed E-state index contributed by atoms with van der Waals surface area (Å²) in [6.07, 6.45) is 1.01. The Labute approximate surface area is 137 Å². The van der Waals surface area contributed by atoms with E-state index in [-0.39, 0.29) is 11.3 Å². The Hall–Kier alpha value is -2.43. The van der Waals surface area contributed by atoms with Gasteiger partial charge in [0, 0.05) is 12.2 Å². The fraction of sp³-hybridized carbons (Fsp3) is 0.389. The minimum atomic E-state index is -0.261. The van der Waals surface area contributed by atoms with Crippen molar-refractivity contribution in [1.82, 2.24) is 10.2 Å². The van der Waals surface area contributed by atoms with E-state index in [1.54, 1.807) is 12.1 Å². The molecule has 1 heterocycles. The fourth-order valence-electron chi connectivity index (χ4n) is 2.05. The van der Waals surface area contributed by atoms with Gasteiger partial charge in [0.15, 0.2) is 5.69 Å². The Morgan fingerprint density at radius 2 is 1.74 bits per heavy atom. The predicted octanol–water partition coefficient (Wildman–Crippen LogP) is 3.85. The molecule has 2 N–H and O–H groups in total. The molecule has 0 fully saturated rings. The number of carbonyl (C=O) groups excluding carboxylic acids is 1. The molecule has 0 aliphatic heterocycles. The van der Waals surface area contributed by atoms with Crippen LogP contribution in [0.25, 0.3) is 0 Å². The number of carbonyl (C=O) groups is 1. The summed E-state index contributed by atoms with van der Waals surface area (Å²) in [5.74, 6) is 0.418. The van der Waals surface area contributed by atoms with Crippen LogP contribution in [-0.2, 0) is 5.41 Å². The van der Waals surface area contributed by atoms with E-state index < -0.39 is 0 Å². The molecule has 1 aromatic carbocycles. The van der Waals surface area contributed by atoms with E-state index in [9.17, 15) is 4.79 Å². The second-order valence-electron chi connectivity index (χ2n) is 6.51. The van der Waals surface area contributed by atoms with E-state index in [0.717, 1.165) is 18.7 Å². The summed E-state index contributed by atoms with van der Waals surface area (Å²) >= 11 is 0. The molecule has 0 saturated heterocycles. The highest BCUT2D eigenvalue weighted by Gasteiger charge is 2.14. The molecule has 0 unspecified atom stereocenters. The van der Waals surface area contributed by atoms with Gasteiger partial charge in [0.25, 0.3) is 5.91 Å². The van der Waals surface area contributed by atoms with Gasteiger partial charge in [0.1, 0.15) is 5.82 Å². The minimum absolute atomic E-state index is 0.0926. The van der Waals surface area contributed by atoms with Gasteiger partial charge in [0.2, 0.25) is 0 Å². The monoisotopic (exact) mass is 312 g/mol. The van der Waals surface area contributed by atoms with Crippen LogP contribution in [0.3, 0.4) is 0 Å². The van der Waals surface area contributed by atoms with Crippen LogP contribution in [0.4, 0.5) is 11.5 Å². The molecule has 1 amide bonds. The van der Waals surface area contributed by atoms with Crippen LogP contribution in [0.15, 0.2) is 36.4 Å². The van der Waals surface area contributed by atoms with Crippen molar-refractivity contribution in [2.75, 3.05) is 17.2 Å². The van der Waals surface area contributed by atoms with Crippen LogP contribution in [0.5, 0.6) is 0 Å². The zero-order chi connectivity index (χ0) is 16.9. The van der Waals surface area contributed by atoms with Crippen LogP contribution >= 0.6 is 0 Å². The average Bonchev–Trinajstić information content (AvgIpc) is 2.53. The van der Waals surface area contributed by atoms with Crippen LogP contribution < -0.4 is 10.6 Å². The second-order valence-corrected chi connectivity index (χ2v) is 6.51. The van der Waals surface area contributed by atoms with Crippen LogP contribution in [-0.4, -0.2) is 22.6 Å². The molecule has 122 valence electrons. The minimum Gasteiger partial charge on any atom is -0.369 e. The molecule has 5 nitrogen and oxygen atoms in total. The zero-order valence-electron chi connectivity index (χ0n) is 14.2. The van der Waals surface area contributed by atoms with Gasteiger partial charge in [-0.1, -0.05) is 39.8 Å². The lowest BCUT2D eigenvalue weighted by Gasteiger charge is -2.19. The average molecular weight is 312 g/mol. The van der Waals surface area contributed by atoms with Crippen LogP contribution in [0.2, 0.25) is 0 Å². The quantitative estimate of drug-likeness (QED) is 0.880. The molecule has 0 bridgehead atoms. The van der Waals surface area contributed by atoms with Crippen molar-refractivity contribution in [3.63, 3.8) is 0 Å². The Balaban J connectivity index is 2.01. The third kappa shape index (κ3) is 4.77. The maximum absolute atomic E-state index is 12.2. The van der Waals surface area contributed by atoms with E-state index in [1.165, 1.54) is 5.56 Å². The number of anilines is 2. The maximum atomic E-state index is 12.2. The first kappa shape index (κ1) is 16.9. The summed E-state index contributed by atoms with van der Waals surface area (Å²) in [6.45, 7) is 9.38. The molecule has 2 aromatic rings. The van der Waals surface area contributed by atoms with Crippen molar-refractivity contribution >= 4 is 17.4 Å². The Morgan fingerprint density at radius 1 is 1.04 bits per heavy atom. The molecule has 1 aromatic heterocycles. The Bertz CT molecular complexity index is 642. The number of rotatable bonds is 5. The molecular formula is C18H24N4O. The van der Waals surface area contributed by atoms with E-state index >= 15 is 0 Å². The first-order valence-electron chi connectivity index (χ1n) is 7.89. The highest BCUT2D eigenvalue weighted by atomic mass is 16.1. The SMILES string of the molecule is CCCNc1ccc(C(=O)Nc2ccc(C(C)(C)C)cc2)nn1. The van der Waals surface area contributed by atoms with Crippen LogP contribution in [0, 0.1) is 0 Å². The van der Waals surface area contributed by atoms with E-state index in [1.807, 2.05) is 24.3 Å². The molecule has 23 heavy (non-hydrogen) atoms. The Kier molecular flexibility index (Phi) is 5.32. The summed E-state index contributed by atoms with van der Waals surface area (Å²) < 4.78 is 0. The molecule has 0 atom stereocenters. The largest absolute Gasteiger partial charge is 0.369 e. The van der Waals surface area contributed by atoms with Crippen molar-refractivity contribution in [3.8, 4) is 0 Å². The van der Waals surface area contributed by atoms with Crippen LogP contribution in [0.1, 0.15) is 50.2 Å². The summed E-state index contributed by atoms with van der Waals surface area (Å²) in [5.41, 5.74) is 2.36. The summed E-state index contributed by atoms with van der Waals surface area (Å²) in [4.78, 5) is 12.2. The number of hydrogen-bond acceptors (Lipinski definition) is 4. The fourth-order valence-corrected chi connectivity index (χ4v) is 2.05. The van der Waals surface area contributed by atoms with Gasteiger partial charge in [0.05, 0.1) is 0 Å². The van der Waals surface area contributed by atoms with Crippen molar-refractivity contribution in [3.05, 3.63) is 47.7 Å². The van der Waals surface area contributed by atoms with Gasteiger partial charge in [-0.15, -0.1) is 10.2 Å². The van der Waals surface area contributed by atoms with Crippen molar-refractivity contribution in [2.45, 2.75) is 39.5 Å². The number of benzene rings is 1. The molecule has 0 radical (unpaired) electrons. The topological polar surface area (TPSA) is 66.9 Å². The first-order valence-corrected chi connectivity index (χ1v) is 7.89. The standard InChI is InChI=1S/C18H24N4O/c1-5-12-19-16-11-10-15(21-22-16)17(23)20-14-8-6-13(7-9-14)18(2,3)4/h6-11H,5,12H2,1-4H3,(H,19,22)(H,20,23). The van der Waals surface area contributed by atoms with Crippen molar-refractivity contribution in [1.29, 1.82) is 0 Å². The Morgan fingerprint density at radius 3 is 2.26 bits per heavy atom. The molecule has 0 saturated carbocycles. The molecule has 0 spiro atoms. The van der Waals surface area contributed by atoms with Crippen molar-refractivity contribution in [2.24, 2.45) is 0 Å². The highest BCUT2D eigenvalue weighted by molar-refractivity contribution is 6.02. The number of nitrogens with one attached hydrogen (secondary N) is 2. The molecule has 0 aliphatic rings. The number of amides is 1. The highest BCUT2D eigenvalue weighted by Crippen LogP contribution is 2.23. The predicted molar refractivity (Wildman–Crippen MR) is 93.9 cm³/mol. The number of aromatic nitrogens is 2. The molecule has 5 heteroatoms. The lowest BCUT2D eigenvalue weighted by Crippen LogP contribution is -2.15. The third-order valence-corrected chi connectivity index (χ3v) is 3.46. The molecule has 0 aliphatic carbocycles. The lowest BCUT2D eigenvalue weighted by molar-refractivity contribution is 0.102. The number of hydrogen-bond donors (Lipinski definition) is 2. The maximum Gasteiger partial charge on any atom is 0.276 e. The van der Waals surface area contributed by atoms with Gasteiger partial charge in [-0.25, -0.2) is 0 Å². The number of nitrogens with zero attached hydrogens (tertiary/aromatic N) is 2. The van der Waals surface area contributed by atoms with Gasteiger partial charge in [-0.3, -0.25) is 4.79 Å². The van der Waals surface area contributed by atoms with E-state index in [4.69, 9.17) is 0 Å². The smallest absolute Gasteiger partial charge is 0.276 e. The third-order valence-electron chi connectivity index (χ3n) is 3.46. The van der Waals surface area contributed by atoms with E-state index in [2.05, 4.69) is 48.5 Å². The zero-order valence-corrected chi connectivity index (χ0v) is 14.2. The van der Waals surface area contributed by atoms with Gasteiger partial charge in [-0.2, -0.15) is 0 Å². The first-order chi connectivity index (χ1) is 10.9. The molecule has 2 rings (SSSR count). The van der Waals surface area contributed by atoms with Gasteiger partial charge in [-0.05, 0) is 41.7 Å². The molecular weight excluding hydrogens is 288 g/mol. The summed E-state index contributed by atoms with van der Waals surface area (Å²) in [6, 6.07) is 11.3. The van der Waals surface area contributed by atoms with E-state index in [0.29, 0.717) is 11.5 Å². The lowest BCUT2D eigenvalue weighted by atomic mass is 9.87. The second kappa shape index (κ2) is 7.22. The summed E-state index contributed by atoms with van der Waals surface area (Å²) in [7, 11) is 0. The normalized spacial score (nSPS) is 11.1. The van der Waals surface area contributed by atoms with Crippen molar-refractivity contribution < 1.29 is 4.79 Å².